The molecule has 2 rings (SSSR count). The van der Waals surface area contributed by atoms with Crippen LogP contribution in [-0.2, 0) is 0 Å². The maximum absolute atomic E-state index is 5.77. The molecule has 0 aliphatic carbocycles. The molecule has 2 heterocycles. The Balaban J connectivity index is 2.87. The first kappa shape index (κ1) is 8.44. The Hall–Kier alpha value is -1.16. The van der Waals surface area contributed by atoms with Gasteiger partial charge in [-0.1, -0.05) is 0 Å². The summed E-state index contributed by atoms with van der Waals surface area (Å²) in [7, 11) is 0. The molecule has 0 unspecified atom stereocenters. The van der Waals surface area contributed by atoms with Crippen molar-refractivity contribution < 1.29 is 0 Å². The molecule has 0 saturated carbocycles. The SMILES string of the molecule is Cc1cc2cnc(Br)cc2c(N)n1. The van der Waals surface area contributed by atoms with E-state index in [1.165, 1.54) is 0 Å². The van der Waals surface area contributed by atoms with Gasteiger partial charge in [0.1, 0.15) is 10.4 Å². The van der Waals surface area contributed by atoms with Crippen LogP contribution in [0.3, 0.4) is 0 Å². The third-order valence-electron chi connectivity index (χ3n) is 1.84. The molecule has 66 valence electrons. The van der Waals surface area contributed by atoms with Gasteiger partial charge in [0.25, 0.3) is 0 Å². The summed E-state index contributed by atoms with van der Waals surface area (Å²) in [6.45, 7) is 1.91. The predicted octanol–water partition coefficient (Wildman–Crippen LogP) is 2.28. The molecule has 0 bridgehead atoms. The molecule has 0 fully saturated rings. The standard InChI is InChI=1S/C9H8BrN3/c1-5-2-6-4-12-8(10)3-7(6)9(11)13-5/h2-4H,1H3,(H2,11,13). The van der Waals surface area contributed by atoms with Crippen molar-refractivity contribution in [2.45, 2.75) is 6.92 Å². The van der Waals surface area contributed by atoms with E-state index >= 15 is 0 Å². The van der Waals surface area contributed by atoms with Crippen molar-refractivity contribution in [2.75, 3.05) is 5.73 Å². The van der Waals surface area contributed by atoms with Gasteiger partial charge in [0, 0.05) is 22.7 Å². The number of anilines is 1. The van der Waals surface area contributed by atoms with Crippen LogP contribution >= 0.6 is 15.9 Å². The van der Waals surface area contributed by atoms with Crippen molar-refractivity contribution in [3.05, 3.63) is 28.6 Å². The monoisotopic (exact) mass is 237 g/mol. The zero-order valence-corrected chi connectivity index (χ0v) is 8.67. The fraction of sp³-hybridized carbons (Fsp3) is 0.111. The highest BCUT2D eigenvalue weighted by molar-refractivity contribution is 9.10. The number of hydrogen-bond donors (Lipinski definition) is 1. The average Bonchev–Trinajstić information content (AvgIpc) is 2.06. The van der Waals surface area contributed by atoms with Gasteiger partial charge in [-0.15, -0.1) is 0 Å². The first-order valence-corrected chi connectivity index (χ1v) is 4.64. The average molecular weight is 238 g/mol. The summed E-state index contributed by atoms with van der Waals surface area (Å²) in [5.41, 5.74) is 6.68. The number of hydrogen-bond acceptors (Lipinski definition) is 3. The lowest BCUT2D eigenvalue weighted by atomic mass is 10.2. The summed E-state index contributed by atoms with van der Waals surface area (Å²) in [4.78, 5) is 8.29. The van der Waals surface area contributed by atoms with E-state index < -0.39 is 0 Å². The van der Waals surface area contributed by atoms with E-state index in [9.17, 15) is 0 Å². The van der Waals surface area contributed by atoms with Crippen molar-refractivity contribution in [1.82, 2.24) is 9.97 Å². The third kappa shape index (κ3) is 1.49. The second-order valence-corrected chi connectivity index (χ2v) is 3.69. The number of aromatic nitrogens is 2. The Morgan fingerprint density at radius 3 is 2.92 bits per heavy atom. The summed E-state index contributed by atoms with van der Waals surface area (Å²) in [5, 5.41) is 1.96. The lowest BCUT2D eigenvalue weighted by Crippen LogP contribution is -1.94. The molecule has 13 heavy (non-hydrogen) atoms. The summed E-state index contributed by atoms with van der Waals surface area (Å²) in [6.07, 6.45) is 1.78. The van der Waals surface area contributed by atoms with E-state index in [1.54, 1.807) is 6.20 Å². The molecule has 0 spiro atoms. The van der Waals surface area contributed by atoms with E-state index in [2.05, 4.69) is 25.9 Å². The van der Waals surface area contributed by atoms with Crippen LogP contribution in [-0.4, -0.2) is 9.97 Å². The molecule has 0 radical (unpaired) electrons. The summed E-state index contributed by atoms with van der Waals surface area (Å²) in [6, 6.07) is 3.84. The normalized spacial score (nSPS) is 10.6. The van der Waals surface area contributed by atoms with Gasteiger partial charge in [-0.25, -0.2) is 9.97 Å². The zero-order valence-electron chi connectivity index (χ0n) is 7.08. The molecule has 0 saturated heterocycles. The highest BCUT2D eigenvalue weighted by atomic mass is 79.9. The fourth-order valence-electron chi connectivity index (χ4n) is 1.28. The van der Waals surface area contributed by atoms with Crippen LogP contribution in [0, 0.1) is 6.92 Å². The van der Waals surface area contributed by atoms with Gasteiger partial charge < -0.3 is 5.73 Å². The molecule has 0 atom stereocenters. The molecule has 2 aromatic rings. The van der Waals surface area contributed by atoms with Gasteiger partial charge in [0.05, 0.1) is 0 Å². The summed E-state index contributed by atoms with van der Waals surface area (Å²) >= 11 is 3.29. The van der Waals surface area contributed by atoms with Crippen LogP contribution in [0.5, 0.6) is 0 Å². The van der Waals surface area contributed by atoms with E-state index in [1.807, 2.05) is 19.1 Å². The minimum Gasteiger partial charge on any atom is -0.383 e. The number of nitrogen functional groups attached to an aromatic ring is 1. The highest BCUT2D eigenvalue weighted by Gasteiger charge is 2.01. The molecule has 0 aliphatic heterocycles. The molecule has 0 aliphatic rings. The van der Waals surface area contributed by atoms with Crippen LogP contribution in [0.15, 0.2) is 22.9 Å². The van der Waals surface area contributed by atoms with Crippen LogP contribution < -0.4 is 5.73 Å². The van der Waals surface area contributed by atoms with Gasteiger partial charge in [-0.3, -0.25) is 0 Å². The maximum Gasteiger partial charge on any atom is 0.131 e. The first-order chi connectivity index (χ1) is 6.16. The Labute approximate surface area is 84.1 Å². The Kier molecular flexibility index (Phi) is 1.92. The molecule has 4 heteroatoms. The van der Waals surface area contributed by atoms with Gasteiger partial charge in [-0.05, 0) is 35.0 Å². The first-order valence-electron chi connectivity index (χ1n) is 3.85. The molecular weight excluding hydrogens is 230 g/mol. The smallest absolute Gasteiger partial charge is 0.131 e. The van der Waals surface area contributed by atoms with Crippen molar-refractivity contribution in [1.29, 1.82) is 0 Å². The molecular formula is C9H8BrN3. The van der Waals surface area contributed by atoms with Crippen LogP contribution in [0.2, 0.25) is 0 Å². The molecule has 2 N–H and O–H groups in total. The number of nitrogens with two attached hydrogens (primary N) is 1. The zero-order chi connectivity index (χ0) is 9.42. The van der Waals surface area contributed by atoms with E-state index in [0.29, 0.717) is 5.82 Å². The third-order valence-corrected chi connectivity index (χ3v) is 2.27. The predicted molar refractivity (Wildman–Crippen MR) is 56.4 cm³/mol. The number of halogens is 1. The second kappa shape index (κ2) is 2.96. The quantitative estimate of drug-likeness (QED) is 0.716. The van der Waals surface area contributed by atoms with E-state index in [0.717, 1.165) is 21.1 Å². The fourth-order valence-corrected chi connectivity index (χ4v) is 1.62. The second-order valence-electron chi connectivity index (χ2n) is 2.88. The van der Waals surface area contributed by atoms with E-state index in [4.69, 9.17) is 5.73 Å². The number of nitrogens with zero attached hydrogens (tertiary/aromatic N) is 2. The van der Waals surface area contributed by atoms with Gasteiger partial charge in [0.2, 0.25) is 0 Å². The Morgan fingerprint density at radius 2 is 2.15 bits per heavy atom. The maximum atomic E-state index is 5.77. The van der Waals surface area contributed by atoms with Gasteiger partial charge in [0.15, 0.2) is 0 Å². The minimum absolute atomic E-state index is 0.554. The largest absolute Gasteiger partial charge is 0.383 e. The number of rotatable bonds is 0. The van der Waals surface area contributed by atoms with E-state index in [-0.39, 0.29) is 0 Å². The van der Waals surface area contributed by atoms with Crippen LogP contribution in [0.25, 0.3) is 10.8 Å². The molecule has 0 aromatic carbocycles. The Bertz CT molecular complexity index is 468. The summed E-state index contributed by atoms with van der Waals surface area (Å²) in [5.74, 6) is 0.554. The topological polar surface area (TPSA) is 51.8 Å². The van der Waals surface area contributed by atoms with Crippen LogP contribution in [0.1, 0.15) is 5.69 Å². The minimum atomic E-state index is 0.554. The van der Waals surface area contributed by atoms with Gasteiger partial charge in [-0.2, -0.15) is 0 Å². The molecule has 2 aromatic heterocycles. The lowest BCUT2D eigenvalue weighted by molar-refractivity contribution is 1.22. The lowest BCUT2D eigenvalue weighted by Gasteiger charge is -2.02. The van der Waals surface area contributed by atoms with Crippen LogP contribution in [0.4, 0.5) is 5.82 Å². The molecule has 0 amide bonds. The van der Waals surface area contributed by atoms with Crippen molar-refractivity contribution in [3.8, 4) is 0 Å². The van der Waals surface area contributed by atoms with Crippen molar-refractivity contribution in [2.24, 2.45) is 0 Å². The highest BCUT2D eigenvalue weighted by Crippen LogP contribution is 2.21. The number of pyridine rings is 2. The number of fused-ring (bicyclic) bond motifs is 1. The van der Waals surface area contributed by atoms with Crippen molar-refractivity contribution in [3.63, 3.8) is 0 Å². The van der Waals surface area contributed by atoms with Gasteiger partial charge >= 0.3 is 0 Å². The Morgan fingerprint density at radius 1 is 1.38 bits per heavy atom. The molecule has 3 nitrogen and oxygen atoms in total. The summed E-state index contributed by atoms with van der Waals surface area (Å²) < 4.78 is 0.775. The van der Waals surface area contributed by atoms with Crippen molar-refractivity contribution >= 4 is 32.5 Å². The number of aryl methyl sites for hydroxylation is 1.